The smallest absolute Gasteiger partial charge is 0.265 e. The van der Waals surface area contributed by atoms with Crippen LogP contribution in [0.1, 0.15) is 5.56 Å². The highest BCUT2D eigenvalue weighted by Crippen LogP contribution is 2.20. The third-order valence-corrected chi connectivity index (χ3v) is 3.12. The molecule has 0 aromatic heterocycles. The van der Waals surface area contributed by atoms with Crippen LogP contribution in [0.3, 0.4) is 0 Å². The number of aryl methyl sites for hydroxylation is 1. The minimum Gasteiger partial charge on any atom is -0.398 e. The van der Waals surface area contributed by atoms with E-state index in [2.05, 4.69) is 15.9 Å². The summed E-state index contributed by atoms with van der Waals surface area (Å²) in [5.41, 5.74) is 6.96. The molecule has 0 saturated heterocycles. The Bertz CT molecular complexity index is 430. The Morgan fingerprint density at radius 3 is 2.57 bits per heavy atom. The normalized spacial score (nSPS) is 11.6. The van der Waals surface area contributed by atoms with Crippen LogP contribution in [0.15, 0.2) is 22.7 Å². The first kappa shape index (κ1) is 11.5. The molecule has 78 valence electrons. The van der Waals surface area contributed by atoms with Gasteiger partial charge in [-0.25, -0.2) is 0 Å². The van der Waals surface area contributed by atoms with Crippen LogP contribution in [-0.4, -0.2) is 18.7 Å². The van der Waals surface area contributed by atoms with E-state index in [-0.39, 0.29) is 12.2 Å². The van der Waals surface area contributed by atoms with Crippen LogP contribution in [0.25, 0.3) is 0 Å². The predicted octanol–water partition coefficient (Wildman–Crippen LogP) is 1.46. The number of rotatable bonds is 3. The van der Waals surface area contributed by atoms with Gasteiger partial charge in [0.2, 0.25) is 0 Å². The summed E-state index contributed by atoms with van der Waals surface area (Å²) in [6.45, 7) is 0. The number of hydrogen-bond donors (Lipinski definition) is 2. The number of nitrogens with two attached hydrogens (primary N) is 1. The summed E-state index contributed by atoms with van der Waals surface area (Å²) in [6.07, 6.45) is 0.276. The van der Waals surface area contributed by atoms with E-state index >= 15 is 0 Å². The largest absolute Gasteiger partial charge is 0.398 e. The van der Waals surface area contributed by atoms with Crippen molar-refractivity contribution < 1.29 is 13.0 Å². The maximum atomic E-state index is 10.5. The maximum absolute atomic E-state index is 10.5. The van der Waals surface area contributed by atoms with Crippen molar-refractivity contribution in [3.63, 3.8) is 0 Å². The van der Waals surface area contributed by atoms with Gasteiger partial charge in [0.05, 0.1) is 5.75 Å². The first-order valence-electron chi connectivity index (χ1n) is 3.87. The lowest BCUT2D eigenvalue weighted by Crippen LogP contribution is -2.06. The zero-order valence-corrected chi connectivity index (χ0v) is 9.68. The van der Waals surface area contributed by atoms with E-state index in [4.69, 9.17) is 10.3 Å². The van der Waals surface area contributed by atoms with Crippen molar-refractivity contribution in [2.75, 3.05) is 11.5 Å². The molecule has 6 heteroatoms. The molecule has 3 N–H and O–H groups in total. The summed E-state index contributed by atoms with van der Waals surface area (Å²) in [4.78, 5) is 0. The van der Waals surface area contributed by atoms with Gasteiger partial charge in [0.1, 0.15) is 0 Å². The Balaban J connectivity index is 2.74. The van der Waals surface area contributed by atoms with E-state index < -0.39 is 10.1 Å². The van der Waals surface area contributed by atoms with E-state index in [1.807, 2.05) is 0 Å². The molecular weight excluding hydrogens is 270 g/mol. The molecule has 0 heterocycles. The number of nitrogen functional groups attached to an aromatic ring is 1. The molecule has 1 rings (SSSR count). The molecule has 0 radical (unpaired) electrons. The molecule has 0 bridgehead atoms. The second kappa shape index (κ2) is 4.29. The van der Waals surface area contributed by atoms with Crippen molar-refractivity contribution in [1.82, 2.24) is 0 Å². The van der Waals surface area contributed by atoms with Gasteiger partial charge in [-0.05, 0) is 40.0 Å². The topological polar surface area (TPSA) is 80.4 Å². The van der Waals surface area contributed by atoms with Crippen LogP contribution < -0.4 is 5.73 Å². The lowest BCUT2D eigenvalue weighted by Gasteiger charge is -2.02. The van der Waals surface area contributed by atoms with Gasteiger partial charge in [-0.1, -0.05) is 6.07 Å². The fraction of sp³-hybridized carbons (Fsp3) is 0.250. The summed E-state index contributed by atoms with van der Waals surface area (Å²) in [7, 11) is -3.89. The minimum absolute atomic E-state index is 0.274. The van der Waals surface area contributed by atoms with E-state index in [1.165, 1.54) is 0 Å². The lowest BCUT2D eigenvalue weighted by molar-refractivity contribution is 0.482. The van der Waals surface area contributed by atoms with Gasteiger partial charge in [-0.15, -0.1) is 0 Å². The summed E-state index contributed by atoms with van der Waals surface area (Å²) in [5.74, 6) is -0.274. The average Bonchev–Trinajstić information content (AvgIpc) is 2.06. The van der Waals surface area contributed by atoms with Crippen LogP contribution in [0.5, 0.6) is 0 Å². The number of anilines is 1. The zero-order chi connectivity index (χ0) is 10.8. The second-order valence-electron chi connectivity index (χ2n) is 2.89. The van der Waals surface area contributed by atoms with Gasteiger partial charge in [0.25, 0.3) is 10.1 Å². The standard InChI is InChI=1S/C8H10BrNO3S/c9-7-5-6(1-2-8(7)10)3-4-14(11,12)13/h1-2,5H,3-4,10H2,(H,11,12,13). The van der Waals surface area contributed by atoms with Crippen LogP contribution in [0, 0.1) is 0 Å². The second-order valence-corrected chi connectivity index (χ2v) is 5.32. The van der Waals surface area contributed by atoms with Crippen molar-refractivity contribution in [2.24, 2.45) is 0 Å². The van der Waals surface area contributed by atoms with Gasteiger partial charge in [-0.2, -0.15) is 8.42 Å². The Kier molecular flexibility index (Phi) is 3.52. The Morgan fingerprint density at radius 2 is 2.07 bits per heavy atom. The van der Waals surface area contributed by atoms with Gasteiger partial charge < -0.3 is 5.73 Å². The molecule has 1 aromatic rings. The van der Waals surface area contributed by atoms with E-state index in [0.29, 0.717) is 5.69 Å². The Labute approximate surface area is 91.0 Å². The third-order valence-electron chi connectivity index (χ3n) is 1.71. The predicted molar refractivity (Wildman–Crippen MR) is 58.7 cm³/mol. The molecule has 0 spiro atoms. The molecule has 0 aliphatic carbocycles. The summed E-state index contributed by atoms with van der Waals surface area (Å²) >= 11 is 3.23. The SMILES string of the molecule is Nc1ccc(CCS(=O)(=O)O)cc1Br. The molecule has 4 nitrogen and oxygen atoms in total. The molecule has 0 aliphatic rings. The number of halogens is 1. The molecular formula is C8H10BrNO3S. The molecule has 1 aromatic carbocycles. The maximum Gasteiger partial charge on any atom is 0.265 e. The molecule has 0 atom stereocenters. The molecule has 0 aliphatic heterocycles. The van der Waals surface area contributed by atoms with Crippen LogP contribution in [0.4, 0.5) is 5.69 Å². The summed E-state index contributed by atoms with van der Waals surface area (Å²) < 4.78 is 30.2. The lowest BCUT2D eigenvalue weighted by atomic mass is 10.1. The van der Waals surface area contributed by atoms with Gasteiger partial charge in [0.15, 0.2) is 0 Å². The highest BCUT2D eigenvalue weighted by Gasteiger charge is 2.05. The molecule has 14 heavy (non-hydrogen) atoms. The van der Waals surface area contributed by atoms with Crippen LogP contribution >= 0.6 is 15.9 Å². The fourth-order valence-electron chi connectivity index (χ4n) is 0.973. The first-order chi connectivity index (χ1) is 6.38. The molecule has 0 fully saturated rings. The Morgan fingerprint density at radius 1 is 1.43 bits per heavy atom. The average molecular weight is 280 g/mol. The number of hydrogen-bond acceptors (Lipinski definition) is 3. The third kappa shape index (κ3) is 3.65. The van der Waals surface area contributed by atoms with Gasteiger partial charge >= 0.3 is 0 Å². The first-order valence-corrected chi connectivity index (χ1v) is 6.28. The Hall–Kier alpha value is -0.590. The van der Waals surface area contributed by atoms with Crippen molar-refractivity contribution in [1.29, 1.82) is 0 Å². The van der Waals surface area contributed by atoms with Crippen molar-refractivity contribution in [3.05, 3.63) is 28.2 Å². The minimum atomic E-state index is -3.89. The summed E-state index contributed by atoms with van der Waals surface area (Å²) in [6, 6.07) is 5.15. The summed E-state index contributed by atoms with van der Waals surface area (Å²) in [5, 5.41) is 0. The molecule has 0 unspecified atom stereocenters. The van der Waals surface area contributed by atoms with Crippen molar-refractivity contribution in [3.8, 4) is 0 Å². The number of benzene rings is 1. The highest BCUT2D eigenvalue weighted by atomic mass is 79.9. The van der Waals surface area contributed by atoms with Crippen molar-refractivity contribution in [2.45, 2.75) is 6.42 Å². The van der Waals surface area contributed by atoms with Crippen molar-refractivity contribution >= 4 is 31.7 Å². The van der Waals surface area contributed by atoms with E-state index in [9.17, 15) is 8.42 Å². The van der Waals surface area contributed by atoms with Gasteiger partial charge in [0, 0.05) is 10.2 Å². The van der Waals surface area contributed by atoms with Crippen LogP contribution in [-0.2, 0) is 16.5 Å². The van der Waals surface area contributed by atoms with Crippen LogP contribution in [0.2, 0.25) is 0 Å². The molecule has 0 saturated carbocycles. The highest BCUT2D eigenvalue weighted by molar-refractivity contribution is 9.10. The van der Waals surface area contributed by atoms with E-state index in [1.54, 1.807) is 18.2 Å². The zero-order valence-electron chi connectivity index (χ0n) is 7.27. The fourth-order valence-corrected chi connectivity index (χ4v) is 1.89. The van der Waals surface area contributed by atoms with Gasteiger partial charge in [-0.3, -0.25) is 4.55 Å². The molecule has 0 amide bonds. The quantitative estimate of drug-likeness (QED) is 0.649. The monoisotopic (exact) mass is 279 g/mol. The van der Waals surface area contributed by atoms with E-state index in [0.717, 1.165) is 10.0 Å².